The zero-order chi connectivity index (χ0) is 11.1. The molecule has 3 nitrogen and oxygen atoms in total. The smallest absolute Gasteiger partial charge is 0.134 e. The second-order valence-corrected chi connectivity index (χ2v) is 4.55. The van der Waals surface area contributed by atoms with E-state index in [-0.39, 0.29) is 0 Å². The molecule has 0 saturated heterocycles. The lowest BCUT2D eigenvalue weighted by Crippen LogP contribution is -2.36. The van der Waals surface area contributed by atoms with Crippen molar-refractivity contribution in [3.63, 3.8) is 0 Å². The summed E-state index contributed by atoms with van der Waals surface area (Å²) in [5.74, 6) is 0.424. The third-order valence-corrected chi connectivity index (χ3v) is 3.25. The number of unbranched alkanes of at least 4 members (excludes halogenated alkanes) is 2. The van der Waals surface area contributed by atoms with Crippen molar-refractivity contribution in [1.82, 2.24) is 4.90 Å². The number of Topliss-reactive ketones (excluding diaryl/α,β-unsaturated/α-hetero) is 1. The highest BCUT2D eigenvalue weighted by Crippen LogP contribution is 2.19. The molecule has 0 radical (unpaired) electrons. The minimum absolute atomic E-state index is 0.297. The Labute approximate surface area is 92.5 Å². The van der Waals surface area contributed by atoms with Gasteiger partial charge in [0.05, 0.1) is 0 Å². The van der Waals surface area contributed by atoms with Gasteiger partial charge in [-0.3, -0.25) is 4.79 Å². The largest absolute Gasteiger partial charge is 0.396 e. The summed E-state index contributed by atoms with van der Waals surface area (Å²) < 4.78 is 0. The number of hydrogen-bond donors (Lipinski definition) is 1. The van der Waals surface area contributed by atoms with Crippen LogP contribution in [-0.4, -0.2) is 42.0 Å². The van der Waals surface area contributed by atoms with Crippen LogP contribution in [0, 0.1) is 0 Å². The Bertz CT molecular complexity index is 194. The fourth-order valence-corrected chi connectivity index (χ4v) is 2.21. The minimum Gasteiger partial charge on any atom is -0.396 e. The maximum atomic E-state index is 11.3. The molecule has 1 saturated carbocycles. The van der Waals surface area contributed by atoms with Gasteiger partial charge in [-0.2, -0.15) is 0 Å². The molecule has 3 heteroatoms. The standard InChI is InChI=1S/C12H23NO2/c1-13(8-3-2-4-9-14)11-6-5-7-12(15)10-11/h11,14H,2-10H2,1H3. The second-order valence-electron chi connectivity index (χ2n) is 4.55. The second kappa shape index (κ2) is 6.96. The van der Waals surface area contributed by atoms with Gasteiger partial charge in [0.25, 0.3) is 0 Å². The highest BCUT2D eigenvalue weighted by molar-refractivity contribution is 5.79. The van der Waals surface area contributed by atoms with Crippen LogP contribution in [-0.2, 0) is 4.79 Å². The lowest BCUT2D eigenvalue weighted by molar-refractivity contribution is -0.121. The summed E-state index contributed by atoms with van der Waals surface area (Å²) in [5.41, 5.74) is 0. The van der Waals surface area contributed by atoms with E-state index in [1.165, 1.54) is 6.42 Å². The van der Waals surface area contributed by atoms with Gasteiger partial charge in [-0.15, -0.1) is 0 Å². The highest BCUT2D eigenvalue weighted by atomic mass is 16.2. The SMILES string of the molecule is CN(CCCCCO)C1CCCC(=O)C1. The molecule has 0 aromatic heterocycles. The average molecular weight is 213 g/mol. The Morgan fingerprint density at radius 1 is 1.40 bits per heavy atom. The Balaban J connectivity index is 2.15. The molecular weight excluding hydrogens is 190 g/mol. The predicted molar refractivity (Wildman–Crippen MR) is 60.8 cm³/mol. The van der Waals surface area contributed by atoms with Crippen molar-refractivity contribution in [2.24, 2.45) is 0 Å². The number of carbonyl (C=O) groups is 1. The summed E-state index contributed by atoms with van der Waals surface area (Å²) in [4.78, 5) is 13.6. The molecule has 1 N–H and O–H groups in total. The number of hydrogen-bond acceptors (Lipinski definition) is 3. The normalized spacial score (nSPS) is 22.3. The Morgan fingerprint density at radius 3 is 2.87 bits per heavy atom. The molecule has 0 aromatic carbocycles. The third-order valence-electron chi connectivity index (χ3n) is 3.25. The summed E-state index contributed by atoms with van der Waals surface area (Å²) in [7, 11) is 2.11. The lowest BCUT2D eigenvalue weighted by Gasteiger charge is -2.30. The molecule has 0 aliphatic heterocycles. The predicted octanol–water partition coefficient (Wildman–Crippen LogP) is 1.59. The number of carbonyl (C=O) groups excluding carboxylic acids is 1. The van der Waals surface area contributed by atoms with Crippen LogP contribution in [0.2, 0.25) is 0 Å². The van der Waals surface area contributed by atoms with Crippen LogP contribution in [0.4, 0.5) is 0 Å². The van der Waals surface area contributed by atoms with Gasteiger partial charge in [0.2, 0.25) is 0 Å². The molecule has 88 valence electrons. The molecule has 1 rings (SSSR count). The first kappa shape index (κ1) is 12.7. The maximum absolute atomic E-state index is 11.3. The fraction of sp³-hybridized carbons (Fsp3) is 0.917. The van der Waals surface area contributed by atoms with Gasteiger partial charge in [0.15, 0.2) is 0 Å². The summed E-state index contributed by atoms with van der Waals surface area (Å²) >= 11 is 0. The van der Waals surface area contributed by atoms with E-state index < -0.39 is 0 Å². The molecule has 1 aliphatic carbocycles. The van der Waals surface area contributed by atoms with E-state index in [2.05, 4.69) is 11.9 Å². The van der Waals surface area contributed by atoms with Gasteiger partial charge < -0.3 is 10.0 Å². The Morgan fingerprint density at radius 2 is 2.20 bits per heavy atom. The van der Waals surface area contributed by atoms with Crippen molar-refractivity contribution < 1.29 is 9.90 Å². The summed E-state index contributed by atoms with van der Waals surface area (Å²) in [6.07, 6.45) is 6.87. The van der Waals surface area contributed by atoms with Crippen molar-refractivity contribution >= 4 is 5.78 Å². The molecule has 0 aromatic rings. The van der Waals surface area contributed by atoms with Crippen LogP contribution >= 0.6 is 0 Å². The van der Waals surface area contributed by atoms with Crippen LogP contribution in [0.15, 0.2) is 0 Å². The van der Waals surface area contributed by atoms with Gasteiger partial charge in [0, 0.05) is 25.5 Å². The van der Waals surface area contributed by atoms with Crippen LogP contribution in [0.3, 0.4) is 0 Å². The number of aliphatic hydroxyl groups is 1. The topological polar surface area (TPSA) is 40.5 Å². The zero-order valence-electron chi connectivity index (χ0n) is 9.74. The van der Waals surface area contributed by atoms with Gasteiger partial charge in [-0.1, -0.05) is 0 Å². The first-order chi connectivity index (χ1) is 7.24. The van der Waals surface area contributed by atoms with Crippen LogP contribution < -0.4 is 0 Å². The molecule has 0 amide bonds. The molecular formula is C12H23NO2. The minimum atomic E-state index is 0.297. The van der Waals surface area contributed by atoms with Crippen LogP contribution in [0.5, 0.6) is 0 Å². The summed E-state index contributed by atoms with van der Waals surface area (Å²) in [5, 5.41) is 8.66. The first-order valence-electron chi connectivity index (χ1n) is 6.07. The molecule has 1 unspecified atom stereocenters. The molecule has 1 aliphatic rings. The Hall–Kier alpha value is -0.410. The van der Waals surface area contributed by atoms with Gasteiger partial charge in [-0.25, -0.2) is 0 Å². The quantitative estimate of drug-likeness (QED) is 0.681. The summed E-state index contributed by atoms with van der Waals surface area (Å²) in [6.45, 7) is 1.35. The molecule has 0 heterocycles. The Kier molecular flexibility index (Phi) is 5.88. The number of rotatable bonds is 6. The van der Waals surface area contributed by atoms with E-state index in [0.717, 1.165) is 45.1 Å². The van der Waals surface area contributed by atoms with E-state index in [0.29, 0.717) is 18.4 Å². The lowest BCUT2D eigenvalue weighted by atomic mass is 9.93. The van der Waals surface area contributed by atoms with E-state index in [1.54, 1.807) is 0 Å². The van der Waals surface area contributed by atoms with Crippen molar-refractivity contribution in [2.75, 3.05) is 20.2 Å². The van der Waals surface area contributed by atoms with Gasteiger partial charge in [-0.05, 0) is 45.7 Å². The molecule has 1 fully saturated rings. The number of aliphatic hydroxyl groups excluding tert-OH is 1. The molecule has 0 spiro atoms. The average Bonchev–Trinajstić information content (AvgIpc) is 2.24. The molecule has 1 atom stereocenters. The van der Waals surface area contributed by atoms with E-state index in [4.69, 9.17) is 5.11 Å². The molecule has 0 bridgehead atoms. The van der Waals surface area contributed by atoms with Crippen LogP contribution in [0.1, 0.15) is 44.9 Å². The third kappa shape index (κ3) is 4.76. The number of nitrogens with zero attached hydrogens (tertiary/aromatic N) is 1. The van der Waals surface area contributed by atoms with Crippen molar-refractivity contribution in [3.8, 4) is 0 Å². The highest BCUT2D eigenvalue weighted by Gasteiger charge is 2.22. The monoisotopic (exact) mass is 213 g/mol. The zero-order valence-corrected chi connectivity index (χ0v) is 9.74. The van der Waals surface area contributed by atoms with E-state index in [9.17, 15) is 4.79 Å². The van der Waals surface area contributed by atoms with Gasteiger partial charge in [0.1, 0.15) is 5.78 Å². The summed E-state index contributed by atoms with van der Waals surface area (Å²) in [6, 6.07) is 0.473. The first-order valence-corrected chi connectivity index (χ1v) is 6.07. The van der Waals surface area contributed by atoms with Crippen molar-refractivity contribution in [2.45, 2.75) is 51.0 Å². The van der Waals surface area contributed by atoms with E-state index in [1.807, 2.05) is 0 Å². The van der Waals surface area contributed by atoms with Crippen molar-refractivity contribution in [3.05, 3.63) is 0 Å². The van der Waals surface area contributed by atoms with Crippen molar-refractivity contribution in [1.29, 1.82) is 0 Å². The fourth-order valence-electron chi connectivity index (χ4n) is 2.21. The van der Waals surface area contributed by atoms with E-state index >= 15 is 0 Å². The number of ketones is 1. The van der Waals surface area contributed by atoms with Gasteiger partial charge >= 0.3 is 0 Å². The van der Waals surface area contributed by atoms with Crippen LogP contribution in [0.25, 0.3) is 0 Å². The maximum Gasteiger partial charge on any atom is 0.134 e. The molecule has 15 heavy (non-hydrogen) atoms.